The molecule has 4 N–H and O–H groups in total. The monoisotopic (exact) mass is 269 g/mol. The van der Waals surface area contributed by atoms with Crippen molar-refractivity contribution >= 4 is 11.5 Å². The predicted octanol–water partition coefficient (Wildman–Crippen LogP) is 2.81. The van der Waals surface area contributed by atoms with Crippen molar-refractivity contribution in [3.63, 3.8) is 0 Å². The summed E-state index contributed by atoms with van der Waals surface area (Å²) < 4.78 is 40.3. The lowest BCUT2D eigenvalue weighted by Crippen LogP contribution is -2.17. The van der Waals surface area contributed by atoms with Crippen molar-refractivity contribution in [3.05, 3.63) is 36.5 Å². The maximum atomic E-state index is 12.1. The number of pyridine rings is 1. The van der Waals surface area contributed by atoms with Crippen LogP contribution in [0.25, 0.3) is 11.1 Å². The van der Waals surface area contributed by atoms with E-state index in [2.05, 4.69) is 9.72 Å². The third-order valence-electron chi connectivity index (χ3n) is 2.40. The number of nitrogen functional groups attached to an aromatic ring is 2. The molecule has 0 unspecified atom stereocenters. The molecule has 19 heavy (non-hydrogen) atoms. The highest BCUT2D eigenvalue weighted by atomic mass is 19.4. The van der Waals surface area contributed by atoms with Crippen LogP contribution in [0.1, 0.15) is 0 Å². The fourth-order valence-electron chi connectivity index (χ4n) is 1.60. The molecule has 7 heteroatoms. The third kappa shape index (κ3) is 3.06. The Morgan fingerprint density at radius 1 is 1.11 bits per heavy atom. The summed E-state index contributed by atoms with van der Waals surface area (Å²) in [5.41, 5.74) is 12.5. The van der Waals surface area contributed by atoms with E-state index >= 15 is 0 Å². The van der Waals surface area contributed by atoms with Gasteiger partial charge in [0.25, 0.3) is 0 Å². The molecule has 0 fully saturated rings. The largest absolute Gasteiger partial charge is 0.573 e. The van der Waals surface area contributed by atoms with E-state index in [1.54, 1.807) is 12.1 Å². The first-order valence-corrected chi connectivity index (χ1v) is 5.23. The molecule has 0 aliphatic carbocycles. The highest BCUT2D eigenvalue weighted by Gasteiger charge is 2.31. The zero-order valence-electron chi connectivity index (χ0n) is 9.61. The van der Waals surface area contributed by atoms with E-state index in [-0.39, 0.29) is 17.3 Å². The van der Waals surface area contributed by atoms with Gasteiger partial charge >= 0.3 is 6.36 Å². The van der Waals surface area contributed by atoms with E-state index in [1.807, 2.05) is 0 Å². The van der Waals surface area contributed by atoms with E-state index < -0.39 is 6.36 Å². The van der Waals surface area contributed by atoms with Gasteiger partial charge in [-0.15, -0.1) is 13.2 Å². The van der Waals surface area contributed by atoms with Crippen molar-refractivity contribution in [3.8, 4) is 16.9 Å². The number of nitrogens with two attached hydrogens (primary N) is 2. The number of anilines is 2. The van der Waals surface area contributed by atoms with Crippen molar-refractivity contribution in [1.29, 1.82) is 0 Å². The van der Waals surface area contributed by atoms with Crippen LogP contribution < -0.4 is 16.2 Å². The first-order chi connectivity index (χ1) is 8.87. The van der Waals surface area contributed by atoms with Gasteiger partial charge in [0.2, 0.25) is 0 Å². The highest BCUT2D eigenvalue weighted by molar-refractivity contribution is 5.82. The number of nitrogens with zero attached hydrogens (tertiary/aromatic N) is 1. The maximum absolute atomic E-state index is 12.1. The topological polar surface area (TPSA) is 74.2 Å². The van der Waals surface area contributed by atoms with Gasteiger partial charge in [-0.05, 0) is 23.8 Å². The lowest BCUT2D eigenvalue weighted by Gasteiger charge is -2.11. The number of benzene rings is 1. The minimum Gasteiger partial charge on any atom is -0.406 e. The molecular formula is C12H10F3N3O. The average Bonchev–Trinajstić information content (AvgIpc) is 2.31. The Bertz CT molecular complexity index is 599. The number of ether oxygens (including phenoxy) is 1. The minimum absolute atomic E-state index is 0.125. The number of alkyl halides is 3. The van der Waals surface area contributed by atoms with Gasteiger partial charge in [-0.25, -0.2) is 4.98 Å². The molecule has 1 aromatic heterocycles. The van der Waals surface area contributed by atoms with Crippen LogP contribution >= 0.6 is 0 Å². The molecule has 1 heterocycles. The number of halogens is 3. The van der Waals surface area contributed by atoms with Gasteiger partial charge in [-0.2, -0.15) is 0 Å². The molecule has 100 valence electrons. The Morgan fingerprint density at radius 2 is 1.84 bits per heavy atom. The first-order valence-electron chi connectivity index (χ1n) is 5.23. The molecule has 0 aliphatic rings. The van der Waals surface area contributed by atoms with Gasteiger partial charge in [0.1, 0.15) is 11.6 Å². The SMILES string of the molecule is Nc1nccc(-c2cccc(OC(F)(F)F)c2)c1N. The minimum atomic E-state index is -4.73. The van der Waals surface area contributed by atoms with Gasteiger partial charge in [0.15, 0.2) is 0 Å². The summed E-state index contributed by atoms with van der Waals surface area (Å²) in [6, 6.07) is 7.05. The molecule has 2 rings (SSSR count). The van der Waals surface area contributed by atoms with Crippen molar-refractivity contribution < 1.29 is 17.9 Å². The molecule has 2 aromatic rings. The second-order valence-electron chi connectivity index (χ2n) is 3.73. The Morgan fingerprint density at radius 3 is 2.53 bits per heavy atom. The standard InChI is InChI=1S/C12H10F3N3O/c13-12(14,15)19-8-3-1-2-7(6-8)9-4-5-18-11(17)10(9)16/h1-6H,16H2,(H2,17,18). The Kier molecular flexibility index (Phi) is 3.20. The molecule has 0 amide bonds. The van der Waals surface area contributed by atoms with Gasteiger partial charge in [-0.3, -0.25) is 0 Å². The number of rotatable bonds is 2. The fraction of sp³-hybridized carbons (Fsp3) is 0.0833. The van der Waals surface area contributed by atoms with E-state index in [4.69, 9.17) is 11.5 Å². The van der Waals surface area contributed by atoms with Crippen molar-refractivity contribution in [2.24, 2.45) is 0 Å². The van der Waals surface area contributed by atoms with Crippen molar-refractivity contribution in [1.82, 2.24) is 4.98 Å². The lowest BCUT2D eigenvalue weighted by molar-refractivity contribution is -0.274. The van der Waals surface area contributed by atoms with E-state index in [0.717, 1.165) is 0 Å². The zero-order valence-corrected chi connectivity index (χ0v) is 9.61. The lowest BCUT2D eigenvalue weighted by atomic mass is 10.0. The smallest absolute Gasteiger partial charge is 0.406 e. The Balaban J connectivity index is 2.41. The summed E-state index contributed by atoms with van der Waals surface area (Å²) in [4.78, 5) is 3.79. The van der Waals surface area contributed by atoms with Crippen LogP contribution in [0, 0.1) is 0 Å². The first kappa shape index (κ1) is 13.0. The summed E-state index contributed by atoms with van der Waals surface area (Å²) in [5.74, 6) is -0.195. The second-order valence-corrected chi connectivity index (χ2v) is 3.73. The number of hydrogen-bond acceptors (Lipinski definition) is 4. The Labute approximate surface area is 106 Å². The van der Waals surface area contributed by atoms with Crippen LogP contribution in [0.2, 0.25) is 0 Å². The summed E-state index contributed by atoms with van der Waals surface area (Å²) >= 11 is 0. The van der Waals surface area contributed by atoms with E-state index in [0.29, 0.717) is 11.1 Å². The normalized spacial score (nSPS) is 11.3. The van der Waals surface area contributed by atoms with E-state index in [9.17, 15) is 13.2 Å². The number of hydrogen-bond donors (Lipinski definition) is 2. The summed E-state index contributed by atoms with van der Waals surface area (Å²) in [7, 11) is 0. The summed E-state index contributed by atoms with van der Waals surface area (Å²) in [6.07, 6.45) is -3.31. The van der Waals surface area contributed by atoms with E-state index in [1.165, 1.54) is 24.4 Å². The van der Waals surface area contributed by atoms with Gasteiger partial charge in [0.05, 0.1) is 5.69 Å². The van der Waals surface area contributed by atoms with Crippen LogP contribution in [-0.2, 0) is 0 Å². The van der Waals surface area contributed by atoms with Crippen LogP contribution in [0.3, 0.4) is 0 Å². The third-order valence-corrected chi connectivity index (χ3v) is 2.40. The number of aromatic nitrogens is 1. The maximum Gasteiger partial charge on any atom is 0.573 e. The second kappa shape index (κ2) is 4.68. The zero-order chi connectivity index (χ0) is 14.0. The van der Waals surface area contributed by atoms with Gasteiger partial charge < -0.3 is 16.2 Å². The molecule has 0 radical (unpaired) electrons. The van der Waals surface area contributed by atoms with Crippen LogP contribution in [0.5, 0.6) is 5.75 Å². The van der Waals surface area contributed by atoms with Crippen LogP contribution in [0.4, 0.5) is 24.7 Å². The predicted molar refractivity (Wildman–Crippen MR) is 65.2 cm³/mol. The molecule has 1 aromatic carbocycles. The summed E-state index contributed by atoms with van der Waals surface area (Å²) in [6.45, 7) is 0. The molecule has 0 bridgehead atoms. The Hall–Kier alpha value is -2.44. The molecule has 0 saturated heterocycles. The van der Waals surface area contributed by atoms with Gasteiger partial charge in [-0.1, -0.05) is 12.1 Å². The average molecular weight is 269 g/mol. The molecule has 0 spiro atoms. The fourth-order valence-corrected chi connectivity index (χ4v) is 1.60. The van der Waals surface area contributed by atoms with Crippen LogP contribution in [0.15, 0.2) is 36.5 Å². The molecular weight excluding hydrogens is 259 g/mol. The molecule has 0 aliphatic heterocycles. The van der Waals surface area contributed by atoms with Crippen molar-refractivity contribution in [2.75, 3.05) is 11.5 Å². The molecule has 0 atom stereocenters. The van der Waals surface area contributed by atoms with Crippen molar-refractivity contribution in [2.45, 2.75) is 6.36 Å². The van der Waals surface area contributed by atoms with Crippen LogP contribution in [-0.4, -0.2) is 11.3 Å². The quantitative estimate of drug-likeness (QED) is 0.879. The molecule has 4 nitrogen and oxygen atoms in total. The molecule has 0 saturated carbocycles. The summed E-state index contributed by atoms with van der Waals surface area (Å²) in [5, 5.41) is 0. The van der Waals surface area contributed by atoms with Gasteiger partial charge in [0, 0.05) is 11.8 Å². The highest BCUT2D eigenvalue weighted by Crippen LogP contribution is 2.32.